The van der Waals surface area contributed by atoms with Crippen molar-refractivity contribution in [1.29, 1.82) is 0 Å². The number of nitrogens with zero attached hydrogens (tertiary/aromatic N) is 2. The number of aliphatic hydroxyl groups excluding tert-OH is 1. The van der Waals surface area contributed by atoms with E-state index in [1.54, 1.807) is 12.3 Å². The second kappa shape index (κ2) is 16.1. The number of phenols is 1. The van der Waals surface area contributed by atoms with Crippen molar-refractivity contribution in [2.24, 2.45) is 5.92 Å². The Kier molecular flexibility index (Phi) is 11.5. The molecule has 1 saturated carbocycles. The Balaban J connectivity index is 0.933. The molecular formula is C38H45N5O6S. The molecule has 50 heavy (non-hydrogen) atoms. The lowest BCUT2D eigenvalue weighted by Crippen LogP contribution is -2.38. The number of hydrogen-bond acceptors (Lipinski definition) is 10. The maximum Gasteiger partial charge on any atom is 0.305 e. The van der Waals surface area contributed by atoms with Gasteiger partial charge in [-0.25, -0.2) is 4.98 Å². The number of nitrogens with one attached hydrogen (secondary N) is 3. The molecule has 0 bridgehead atoms. The first-order valence-electron chi connectivity index (χ1n) is 17.2. The predicted octanol–water partition coefficient (Wildman–Crippen LogP) is 5.43. The van der Waals surface area contributed by atoms with Crippen LogP contribution in [0.4, 0.5) is 5.69 Å². The number of aromatic hydroxyl groups is 1. The number of carbonyl (C=O) groups is 1. The fraction of sp³-hybridized carbons (Fsp3) is 0.395. The van der Waals surface area contributed by atoms with Gasteiger partial charge in [0.1, 0.15) is 17.0 Å². The molecule has 0 aliphatic heterocycles. The number of aromatic amines is 1. The molecule has 11 nitrogen and oxygen atoms in total. The highest BCUT2D eigenvalue weighted by Crippen LogP contribution is 2.43. The Morgan fingerprint density at radius 1 is 1.08 bits per heavy atom. The Bertz CT molecular complexity index is 1920. The van der Waals surface area contributed by atoms with Crippen molar-refractivity contribution in [1.82, 2.24) is 20.2 Å². The van der Waals surface area contributed by atoms with Gasteiger partial charge < -0.3 is 40.3 Å². The zero-order chi connectivity index (χ0) is 35.1. The molecular weight excluding hydrogens is 655 g/mol. The number of likely N-dealkylation sites (N-methyl/N-ethyl adjacent to an activating group) is 1. The van der Waals surface area contributed by atoms with E-state index in [4.69, 9.17) is 4.42 Å². The monoisotopic (exact) mass is 699 g/mol. The van der Waals surface area contributed by atoms with Crippen molar-refractivity contribution >= 4 is 33.1 Å². The normalized spacial score (nSPS) is 15.7. The number of benzene rings is 3. The summed E-state index contributed by atoms with van der Waals surface area (Å²) in [5, 5.41) is 38.9. The summed E-state index contributed by atoms with van der Waals surface area (Å²) >= 11 is 0.959. The third kappa shape index (κ3) is 8.34. The summed E-state index contributed by atoms with van der Waals surface area (Å²) in [7, 11) is 1.97. The second-order valence-electron chi connectivity index (χ2n) is 13.2. The number of carbonyl (C=O) groups excluding carboxylic acids is 1. The van der Waals surface area contributed by atoms with E-state index in [0.717, 1.165) is 48.1 Å². The van der Waals surface area contributed by atoms with E-state index < -0.39 is 11.7 Å². The first kappa shape index (κ1) is 35.5. The number of phenolic OH excluding ortho intramolecular Hbond substituents is 1. The van der Waals surface area contributed by atoms with Gasteiger partial charge in [0, 0.05) is 56.2 Å². The molecule has 264 valence electrons. The van der Waals surface area contributed by atoms with Crippen LogP contribution in [0.2, 0.25) is 0 Å². The summed E-state index contributed by atoms with van der Waals surface area (Å²) in [4.78, 5) is 33.4. The van der Waals surface area contributed by atoms with E-state index in [1.165, 1.54) is 12.5 Å². The number of amides is 1. The van der Waals surface area contributed by atoms with Crippen LogP contribution in [-0.4, -0.2) is 62.8 Å². The quantitative estimate of drug-likeness (QED) is 0.0837. The lowest BCUT2D eigenvalue weighted by atomic mass is 9.73. The van der Waals surface area contributed by atoms with E-state index >= 15 is 0 Å². The number of fused-ring (bicyclic) bond motifs is 1. The number of oxazole rings is 1. The molecule has 1 unspecified atom stereocenters. The van der Waals surface area contributed by atoms with Crippen molar-refractivity contribution in [2.45, 2.75) is 63.2 Å². The van der Waals surface area contributed by atoms with E-state index in [0.29, 0.717) is 65.6 Å². The van der Waals surface area contributed by atoms with Gasteiger partial charge in [0.05, 0.1) is 17.0 Å². The third-order valence-corrected chi connectivity index (χ3v) is 10.5. The molecule has 0 radical (unpaired) electrons. The van der Waals surface area contributed by atoms with Crippen molar-refractivity contribution in [2.75, 3.05) is 32.0 Å². The second-order valence-corrected chi connectivity index (χ2v) is 14.2. The summed E-state index contributed by atoms with van der Waals surface area (Å²) in [6, 6.07) is 20.3. The summed E-state index contributed by atoms with van der Waals surface area (Å²) < 4.78 is 6.74. The third-order valence-electron chi connectivity index (χ3n) is 9.60. The molecule has 5 aromatic rings. The van der Waals surface area contributed by atoms with Crippen LogP contribution in [0.5, 0.6) is 5.75 Å². The number of rotatable bonds is 15. The number of anilines is 1. The van der Waals surface area contributed by atoms with Gasteiger partial charge in [0.2, 0.25) is 11.8 Å². The van der Waals surface area contributed by atoms with Gasteiger partial charge in [0.15, 0.2) is 5.60 Å². The molecule has 2 atom stereocenters. The summed E-state index contributed by atoms with van der Waals surface area (Å²) in [6.07, 6.45) is 7.05. The molecule has 0 saturated heterocycles. The molecule has 2 aromatic heterocycles. The van der Waals surface area contributed by atoms with Crippen LogP contribution in [0.1, 0.15) is 73.0 Å². The first-order valence-corrected chi connectivity index (χ1v) is 18.1. The Morgan fingerprint density at radius 2 is 1.84 bits per heavy atom. The van der Waals surface area contributed by atoms with E-state index in [-0.39, 0.29) is 29.0 Å². The fourth-order valence-electron chi connectivity index (χ4n) is 6.75. The average Bonchev–Trinajstić information content (AvgIpc) is 3.78. The molecule has 6 N–H and O–H groups in total. The zero-order valence-electron chi connectivity index (χ0n) is 28.2. The van der Waals surface area contributed by atoms with Crippen LogP contribution < -0.4 is 15.5 Å². The standard InChI is InChI=1S/C38H45N5O6S/c1-43(20-18-29-23-40-36(49-29)38(48,26-8-4-2-5-9-26)27-10-6-3-7-11-27)21-19-33(46)41-28-14-12-25(13-15-28)22-39-24-32(45)30-16-17-31(44)34-35(30)50-37(47)42-34/h2,4-5,8-9,12-17,23,27,32,39,44-45,48H,3,6-7,10-11,18-22,24H2,1H3,(H,41,46)(H,42,47)/t32?,38-/m0/s1. The number of H-pyrrole nitrogens is 1. The van der Waals surface area contributed by atoms with Gasteiger partial charge in [-0.2, -0.15) is 0 Å². The predicted molar refractivity (Wildman–Crippen MR) is 194 cm³/mol. The maximum absolute atomic E-state index is 12.7. The number of aliphatic hydroxyl groups is 2. The number of hydrogen-bond donors (Lipinski definition) is 6. The topological polar surface area (TPSA) is 164 Å². The SMILES string of the molecule is CN(CCC(=O)Nc1ccc(CNCC(O)c2ccc(O)c3[nH]c(=O)sc23)cc1)CCc1cnc([C@](O)(c2ccccc2)C2CCCCC2)o1. The summed E-state index contributed by atoms with van der Waals surface area (Å²) in [6.45, 7) is 2.00. The van der Waals surface area contributed by atoms with Crippen LogP contribution in [0.25, 0.3) is 10.2 Å². The molecule has 1 aliphatic carbocycles. The largest absolute Gasteiger partial charge is 0.506 e. The fourth-order valence-corrected chi connectivity index (χ4v) is 7.66. The van der Waals surface area contributed by atoms with Crippen molar-refractivity contribution in [3.05, 3.63) is 111 Å². The lowest BCUT2D eigenvalue weighted by molar-refractivity contribution is -0.116. The summed E-state index contributed by atoms with van der Waals surface area (Å²) in [5.74, 6) is 1.02. The van der Waals surface area contributed by atoms with E-state index in [1.807, 2.05) is 61.6 Å². The van der Waals surface area contributed by atoms with Crippen LogP contribution in [-0.2, 0) is 23.4 Å². The van der Waals surface area contributed by atoms with Crippen LogP contribution >= 0.6 is 11.3 Å². The Labute approximate surface area is 295 Å². The van der Waals surface area contributed by atoms with E-state index in [9.17, 15) is 24.9 Å². The molecule has 1 fully saturated rings. The molecule has 1 aliphatic rings. The molecule has 2 heterocycles. The highest BCUT2D eigenvalue weighted by Gasteiger charge is 2.44. The minimum Gasteiger partial charge on any atom is -0.506 e. The van der Waals surface area contributed by atoms with Gasteiger partial charge >= 0.3 is 4.87 Å². The average molecular weight is 700 g/mol. The van der Waals surface area contributed by atoms with Gasteiger partial charge in [-0.1, -0.05) is 79.1 Å². The molecule has 1 amide bonds. The molecule has 12 heteroatoms. The van der Waals surface area contributed by atoms with Gasteiger partial charge in [-0.3, -0.25) is 9.59 Å². The van der Waals surface area contributed by atoms with Gasteiger partial charge in [-0.15, -0.1) is 0 Å². The Morgan fingerprint density at radius 3 is 2.60 bits per heavy atom. The first-order chi connectivity index (χ1) is 24.2. The van der Waals surface area contributed by atoms with Crippen LogP contribution in [0.3, 0.4) is 0 Å². The number of aromatic nitrogens is 2. The molecule has 0 spiro atoms. The highest BCUT2D eigenvalue weighted by atomic mass is 32.1. The van der Waals surface area contributed by atoms with Gasteiger partial charge in [0.25, 0.3) is 0 Å². The van der Waals surface area contributed by atoms with Gasteiger partial charge in [-0.05, 0) is 49.2 Å². The molecule has 6 rings (SSSR count). The summed E-state index contributed by atoms with van der Waals surface area (Å²) in [5.41, 5.74) is 2.16. The minimum absolute atomic E-state index is 0.0259. The van der Waals surface area contributed by atoms with Crippen molar-refractivity contribution in [3.63, 3.8) is 0 Å². The Hall–Kier alpha value is -4.33. The van der Waals surface area contributed by atoms with Crippen LogP contribution in [0.15, 0.2) is 82.1 Å². The lowest BCUT2D eigenvalue weighted by Gasteiger charge is -2.36. The smallest absolute Gasteiger partial charge is 0.305 e. The zero-order valence-corrected chi connectivity index (χ0v) is 29.0. The van der Waals surface area contributed by atoms with E-state index in [2.05, 4.69) is 25.5 Å². The van der Waals surface area contributed by atoms with Crippen LogP contribution in [0, 0.1) is 5.92 Å². The molecule has 3 aromatic carbocycles. The maximum atomic E-state index is 12.7. The van der Waals surface area contributed by atoms with Crippen molar-refractivity contribution < 1.29 is 24.5 Å². The van der Waals surface area contributed by atoms with Crippen molar-refractivity contribution in [3.8, 4) is 5.75 Å². The highest BCUT2D eigenvalue weighted by molar-refractivity contribution is 7.16. The minimum atomic E-state index is -1.25. The number of thiazole rings is 1.